The molecule has 0 amide bonds. The van der Waals surface area contributed by atoms with Gasteiger partial charge in [0.1, 0.15) is 5.82 Å². The van der Waals surface area contributed by atoms with Crippen molar-refractivity contribution in [2.75, 3.05) is 0 Å². The third-order valence-electron chi connectivity index (χ3n) is 2.47. The minimum atomic E-state index is 1.05. The molecule has 1 rings (SSSR count). The fourth-order valence-corrected chi connectivity index (χ4v) is 1.40. The van der Waals surface area contributed by atoms with E-state index in [0.29, 0.717) is 0 Å². The van der Waals surface area contributed by atoms with Crippen LogP contribution in [0.1, 0.15) is 52.1 Å². The molecule has 1 aromatic rings. The third kappa shape index (κ3) is 5.03. The Hall–Kier alpha value is -1.31. The van der Waals surface area contributed by atoms with Crippen LogP contribution in [-0.2, 0) is 7.05 Å². The van der Waals surface area contributed by atoms with E-state index in [0.717, 1.165) is 17.9 Å². The monoisotopic (exact) mass is 234 g/mol. The molecule has 0 spiro atoms. The van der Waals surface area contributed by atoms with Gasteiger partial charge in [-0.1, -0.05) is 45.4 Å². The molecule has 0 fully saturated rings. The summed E-state index contributed by atoms with van der Waals surface area (Å²) in [6.45, 7) is 10.3. The third-order valence-corrected chi connectivity index (χ3v) is 2.47. The van der Waals surface area contributed by atoms with Crippen molar-refractivity contribution in [1.29, 1.82) is 0 Å². The highest BCUT2D eigenvalue weighted by Crippen LogP contribution is 2.15. The van der Waals surface area contributed by atoms with Crippen molar-refractivity contribution in [3.05, 3.63) is 35.9 Å². The van der Waals surface area contributed by atoms with Crippen molar-refractivity contribution in [2.45, 2.75) is 47.5 Å². The zero-order valence-electron chi connectivity index (χ0n) is 12.1. The minimum absolute atomic E-state index is 1.05. The number of allylic oxidation sites excluding steroid dienone is 4. The van der Waals surface area contributed by atoms with Crippen molar-refractivity contribution in [3.63, 3.8) is 0 Å². The summed E-state index contributed by atoms with van der Waals surface area (Å²) in [4.78, 5) is 4.50. The van der Waals surface area contributed by atoms with E-state index in [1.807, 2.05) is 32.4 Å². The first-order valence-corrected chi connectivity index (χ1v) is 6.52. The van der Waals surface area contributed by atoms with Crippen molar-refractivity contribution >= 4 is 5.57 Å². The summed E-state index contributed by atoms with van der Waals surface area (Å²) in [5.74, 6) is 1.05. The van der Waals surface area contributed by atoms with Crippen molar-refractivity contribution in [3.8, 4) is 0 Å². The average molecular weight is 234 g/mol. The Kier molecular flexibility index (Phi) is 8.12. The lowest BCUT2D eigenvalue weighted by Crippen LogP contribution is -1.86. The summed E-state index contributed by atoms with van der Waals surface area (Å²) < 4.78 is 2.05. The topological polar surface area (TPSA) is 17.8 Å². The summed E-state index contributed by atoms with van der Waals surface area (Å²) >= 11 is 0. The van der Waals surface area contributed by atoms with Gasteiger partial charge in [0.15, 0.2) is 0 Å². The highest BCUT2D eigenvalue weighted by Gasteiger charge is 2.02. The van der Waals surface area contributed by atoms with Gasteiger partial charge in [0, 0.05) is 13.2 Å². The smallest absolute Gasteiger partial charge is 0.105 e. The predicted molar refractivity (Wildman–Crippen MR) is 77.0 cm³/mol. The maximum Gasteiger partial charge on any atom is 0.105 e. The fourth-order valence-electron chi connectivity index (χ4n) is 1.40. The molecule has 0 aromatic carbocycles. The number of aryl methyl sites for hydroxylation is 2. The molecular formula is C15H26N2. The Morgan fingerprint density at radius 3 is 2.47 bits per heavy atom. The quantitative estimate of drug-likeness (QED) is 0.701. The number of imidazole rings is 1. The number of rotatable bonds is 4. The van der Waals surface area contributed by atoms with Gasteiger partial charge in [-0.15, -0.1) is 0 Å². The molecule has 1 aromatic heterocycles. The molecule has 96 valence electrons. The van der Waals surface area contributed by atoms with E-state index in [2.05, 4.69) is 43.3 Å². The van der Waals surface area contributed by atoms with E-state index in [1.165, 1.54) is 12.0 Å². The molecule has 0 bridgehead atoms. The first-order valence-electron chi connectivity index (χ1n) is 6.52. The van der Waals surface area contributed by atoms with Crippen LogP contribution in [0.15, 0.2) is 24.4 Å². The van der Waals surface area contributed by atoms with Crippen LogP contribution < -0.4 is 0 Å². The van der Waals surface area contributed by atoms with Gasteiger partial charge in [0.2, 0.25) is 0 Å². The second-order valence-electron chi connectivity index (χ2n) is 3.72. The van der Waals surface area contributed by atoms with Crippen LogP contribution >= 0.6 is 0 Å². The second-order valence-corrected chi connectivity index (χ2v) is 3.72. The molecule has 0 radical (unpaired) electrons. The molecular weight excluding hydrogens is 208 g/mol. The molecule has 0 saturated carbocycles. The summed E-state index contributed by atoms with van der Waals surface area (Å²) in [6, 6.07) is 0. The van der Waals surface area contributed by atoms with Crippen LogP contribution in [0.4, 0.5) is 0 Å². The summed E-state index contributed by atoms with van der Waals surface area (Å²) in [5, 5.41) is 0. The Morgan fingerprint density at radius 1 is 1.41 bits per heavy atom. The van der Waals surface area contributed by atoms with Gasteiger partial charge in [-0.25, -0.2) is 4.98 Å². The minimum Gasteiger partial charge on any atom is -0.338 e. The number of aromatic nitrogens is 2. The molecule has 17 heavy (non-hydrogen) atoms. The number of hydrogen-bond donors (Lipinski definition) is 0. The number of unbranched alkanes of at least 4 members (excludes halogenated alkanes) is 1. The summed E-state index contributed by atoms with van der Waals surface area (Å²) in [5.41, 5.74) is 2.26. The predicted octanol–water partition coefficient (Wildman–Crippen LogP) is 4.51. The summed E-state index contributed by atoms with van der Waals surface area (Å²) in [7, 11) is 2.02. The molecule has 2 nitrogen and oxygen atoms in total. The molecule has 0 aliphatic heterocycles. The zero-order valence-corrected chi connectivity index (χ0v) is 12.1. The van der Waals surface area contributed by atoms with Gasteiger partial charge in [0.05, 0.1) is 5.69 Å². The molecule has 0 saturated heterocycles. The zero-order chi connectivity index (χ0) is 13.3. The van der Waals surface area contributed by atoms with E-state index >= 15 is 0 Å². The van der Waals surface area contributed by atoms with Crippen LogP contribution in [0, 0.1) is 6.92 Å². The molecule has 0 unspecified atom stereocenters. The van der Waals surface area contributed by atoms with Crippen LogP contribution in [0.25, 0.3) is 5.57 Å². The molecule has 0 atom stereocenters. The second kappa shape index (κ2) is 8.80. The standard InChI is InChI=1S/C13H20N2.C2H6/c1-5-7-8-9-12(6-2)13-10-15(4)11(3)14-13;1-2/h6,8-10H,5,7H2,1-4H3;1-2H3/b9-8-,12-6+;. The lowest BCUT2D eigenvalue weighted by Gasteiger charge is -1.95. The molecule has 0 aliphatic rings. The molecule has 0 N–H and O–H groups in total. The van der Waals surface area contributed by atoms with E-state index in [-0.39, 0.29) is 0 Å². The Morgan fingerprint density at radius 2 is 2.06 bits per heavy atom. The molecule has 0 aliphatic carbocycles. The van der Waals surface area contributed by atoms with E-state index in [1.54, 1.807) is 0 Å². The van der Waals surface area contributed by atoms with Gasteiger partial charge in [-0.05, 0) is 25.8 Å². The normalized spacial score (nSPS) is 11.5. The Balaban J connectivity index is 0.00000121. The van der Waals surface area contributed by atoms with Gasteiger partial charge < -0.3 is 4.57 Å². The lowest BCUT2D eigenvalue weighted by atomic mass is 10.1. The maximum absolute atomic E-state index is 4.50. The fraction of sp³-hybridized carbons (Fsp3) is 0.533. The Bertz CT molecular complexity index is 351. The van der Waals surface area contributed by atoms with Crippen molar-refractivity contribution < 1.29 is 0 Å². The van der Waals surface area contributed by atoms with E-state index < -0.39 is 0 Å². The number of hydrogen-bond acceptors (Lipinski definition) is 1. The highest BCUT2D eigenvalue weighted by molar-refractivity contribution is 5.71. The first kappa shape index (κ1) is 15.7. The van der Waals surface area contributed by atoms with Crippen LogP contribution in [0.3, 0.4) is 0 Å². The van der Waals surface area contributed by atoms with E-state index in [9.17, 15) is 0 Å². The molecule has 2 heteroatoms. The van der Waals surface area contributed by atoms with Crippen LogP contribution in [0.2, 0.25) is 0 Å². The van der Waals surface area contributed by atoms with Crippen molar-refractivity contribution in [2.24, 2.45) is 7.05 Å². The van der Waals surface area contributed by atoms with Crippen LogP contribution in [-0.4, -0.2) is 9.55 Å². The van der Waals surface area contributed by atoms with Gasteiger partial charge >= 0.3 is 0 Å². The summed E-state index contributed by atoms with van der Waals surface area (Å²) in [6.07, 6.45) is 10.9. The highest BCUT2D eigenvalue weighted by atomic mass is 15.0. The molecule has 1 heterocycles. The number of nitrogens with zero attached hydrogens (tertiary/aromatic N) is 2. The lowest BCUT2D eigenvalue weighted by molar-refractivity contribution is 0.858. The average Bonchev–Trinajstić information content (AvgIpc) is 2.68. The van der Waals surface area contributed by atoms with Crippen LogP contribution in [0.5, 0.6) is 0 Å². The largest absolute Gasteiger partial charge is 0.338 e. The first-order chi connectivity index (χ1) is 8.19. The van der Waals surface area contributed by atoms with E-state index in [4.69, 9.17) is 0 Å². The Labute approximate surface area is 106 Å². The maximum atomic E-state index is 4.50. The SMILES string of the molecule is C/C=C(\C=C/CCC)c1cn(C)c(C)n1.CC. The van der Waals surface area contributed by atoms with Gasteiger partial charge in [0.25, 0.3) is 0 Å². The van der Waals surface area contributed by atoms with Gasteiger partial charge in [-0.2, -0.15) is 0 Å². The van der Waals surface area contributed by atoms with Gasteiger partial charge in [-0.3, -0.25) is 0 Å². The van der Waals surface area contributed by atoms with Crippen molar-refractivity contribution in [1.82, 2.24) is 9.55 Å².